The Labute approximate surface area is 188 Å². The van der Waals surface area contributed by atoms with E-state index in [2.05, 4.69) is 10.2 Å². The number of nitrogens with one attached hydrogen (secondary N) is 1. The number of carbonyl (C=O) groups is 1. The molecule has 0 fully saturated rings. The van der Waals surface area contributed by atoms with Gasteiger partial charge < -0.3 is 19.1 Å². The number of ether oxygens (including phenoxy) is 2. The van der Waals surface area contributed by atoms with Crippen LogP contribution < -0.4 is 9.47 Å². The Hall–Kier alpha value is -3.36. The van der Waals surface area contributed by atoms with E-state index in [0.29, 0.717) is 47.2 Å². The quantitative estimate of drug-likeness (QED) is 0.434. The topological polar surface area (TPSA) is 102 Å². The highest BCUT2D eigenvalue weighted by Crippen LogP contribution is 2.34. The standard InChI is InChI=1S/C23H21ClN4O4/c1-31-15-2-5-20-13(9-15)8-14(12-32-20)21(30)18-11-28(6-7-29)23-16(18)3-4-19(26-23)17-10-25-27-22(17)24/h2-5,9-11,14,29H,6-8,12H2,1H3,(H,25,27). The summed E-state index contributed by atoms with van der Waals surface area (Å²) in [7, 11) is 1.61. The number of nitrogens with zero attached hydrogens (tertiary/aromatic N) is 3. The second-order valence-corrected chi connectivity index (χ2v) is 8.03. The Bertz CT molecular complexity index is 1310. The third kappa shape index (κ3) is 3.51. The second-order valence-electron chi connectivity index (χ2n) is 7.67. The fourth-order valence-corrected chi connectivity index (χ4v) is 4.33. The smallest absolute Gasteiger partial charge is 0.171 e. The molecule has 9 heteroatoms. The van der Waals surface area contributed by atoms with E-state index in [-0.39, 0.29) is 18.3 Å². The molecule has 0 saturated heterocycles. The number of hydrogen-bond donors (Lipinski definition) is 2. The van der Waals surface area contributed by atoms with E-state index in [9.17, 15) is 9.90 Å². The summed E-state index contributed by atoms with van der Waals surface area (Å²) in [4.78, 5) is 18.2. The van der Waals surface area contributed by atoms with Gasteiger partial charge in [-0.2, -0.15) is 5.10 Å². The molecule has 164 valence electrons. The highest BCUT2D eigenvalue weighted by molar-refractivity contribution is 6.32. The van der Waals surface area contributed by atoms with Gasteiger partial charge in [-0.15, -0.1) is 0 Å². The minimum absolute atomic E-state index is 0.0175. The zero-order chi connectivity index (χ0) is 22.2. The number of aromatic amines is 1. The lowest BCUT2D eigenvalue weighted by Gasteiger charge is -2.24. The molecule has 1 aliphatic heterocycles. The number of aliphatic hydroxyl groups is 1. The van der Waals surface area contributed by atoms with Crippen molar-refractivity contribution >= 4 is 28.4 Å². The van der Waals surface area contributed by atoms with Crippen molar-refractivity contribution < 1.29 is 19.4 Å². The third-order valence-corrected chi connectivity index (χ3v) is 6.03. The van der Waals surface area contributed by atoms with E-state index < -0.39 is 0 Å². The average Bonchev–Trinajstić information content (AvgIpc) is 3.41. The van der Waals surface area contributed by atoms with Crippen LogP contribution >= 0.6 is 11.6 Å². The number of aliphatic hydroxyl groups excluding tert-OH is 1. The maximum atomic E-state index is 13.5. The maximum absolute atomic E-state index is 13.5. The van der Waals surface area contributed by atoms with Gasteiger partial charge >= 0.3 is 0 Å². The van der Waals surface area contributed by atoms with Gasteiger partial charge in [-0.1, -0.05) is 11.6 Å². The van der Waals surface area contributed by atoms with Crippen LogP contribution in [0.1, 0.15) is 15.9 Å². The molecule has 0 radical (unpaired) electrons. The van der Waals surface area contributed by atoms with Gasteiger partial charge in [0.25, 0.3) is 0 Å². The van der Waals surface area contributed by atoms with Crippen LogP contribution in [-0.4, -0.2) is 51.0 Å². The number of fused-ring (bicyclic) bond motifs is 2. The van der Waals surface area contributed by atoms with Crippen LogP contribution in [0.25, 0.3) is 22.3 Å². The van der Waals surface area contributed by atoms with Crippen LogP contribution in [0.2, 0.25) is 5.15 Å². The van der Waals surface area contributed by atoms with Crippen molar-refractivity contribution in [1.82, 2.24) is 19.7 Å². The van der Waals surface area contributed by atoms with E-state index in [0.717, 1.165) is 22.4 Å². The lowest BCUT2D eigenvalue weighted by molar-refractivity contribution is 0.0856. The summed E-state index contributed by atoms with van der Waals surface area (Å²) in [6.45, 7) is 0.553. The molecule has 0 spiro atoms. The average molecular weight is 453 g/mol. The van der Waals surface area contributed by atoms with Crippen molar-refractivity contribution in [3.8, 4) is 22.8 Å². The highest BCUT2D eigenvalue weighted by atomic mass is 35.5. The fraction of sp³-hybridized carbons (Fsp3) is 0.261. The summed E-state index contributed by atoms with van der Waals surface area (Å²) in [5.41, 5.74) is 3.42. The zero-order valence-electron chi connectivity index (χ0n) is 17.3. The van der Waals surface area contributed by atoms with E-state index >= 15 is 0 Å². The summed E-state index contributed by atoms with van der Waals surface area (Å²) in [5.74, 6) is 1.16. The predicted molar refractivity (Wildman–Crippen MR) is 119 cm³/mol. The van der Waals surface area contributed by atoms with Gasteiger partial charge in [-0.3, -0.25) is 9.89 Å². The number of pyridine rings is 1. The van der Waals surface area contributed by atoms with Crippen LogP contribution in [0, 0.1) is 5.92 Å². The monoisotopic (exact) mass is 452 g/mol. The molecular weight excluding hydrogens is 432 g/mol. The van der Waals surface area contributed by atoms with Crippen LogP contribution in [0.15, 0.2) is 42.7 Å². The maximum Gasteiger partial charge on any atom is 0.171 e. The fourth-order valence-electron chi connectivity index (χ4n) is 4.13. The van der Waals surface area contributed by atoms with Crippen LogP contribution in [0.3, 0.4) is 0 Å². The zero-order valence-corrected chi connectivity index (χ0v) is 18.1. The summed E-state index contributed by atoms with van der Waals surface area (Å²) in [6.07, 6.45) is 4.00. The number of ketones is 1. The molecule has 4 heterocycles. The molecule has 4 aromatic rings. The number of Topliss-reactive ketones (excluding diaryl/α,β-unsaturated/α-hetero) is 1. The number of aromatic nitrogens is 4. The third-order valence-electron chi connectivity index (χ3n) is 5.74. The molecule has 3 aromatic heterocycles. The summed E-state index contributed by atoms with van der Waals surface area (Å²) in [6, 6.07) is 9.30. The number of rotatable bonds is 6. The number of benzene rings is 1. The second kappa shape index (κ2) is 8.29. The van der Waals surface area contributed by atoms with Crippen molar-refractivity contribution in [2.45, 2.75) is 13.0 Å². The first-order valence-electron chi connectivity index (χ1n) is 10.2. The normalized spacial score (nSPS) is 15.4. The van der Waals surface area contributed by atoms with Crippen LogP contribution in [-0.2, 0) is 13.0 Å². The molecule has 0 aliphatic carbocycles. The van der Waals surface area contributed by atoms with E-state index in [1.54, 1.807) is 24.1 Å². The van der Waals surface area contributed by atoms with Gasteiger partial charge in [-0.25, -0.2) is 4.98 Å². The predicted octanol–water partition coefficient (Wildman–Crippen LogP) is 3.51. The molecule has 0 bridgehead atoms. The van der Waals surface area contributed by atoms with Crippen LogP contribution in [0.4, 0.5) is 0 Å². The number of carbonyl (C=O) groups excluding carboxylic acids is 1. The number of hydrogen-bond acceptors (Lipinski definition) is 6. The van der Waals surface area contributed by atoms with Gasteiger partial charge in [0.05, 0.1) is 37.5 Å². The molecule has 2 N–H and O–H groups in total. The van der Waals surface area contributed by atoms with Crippen molar-refractivity contribution in [3.05, 3.63) is 59.0 Å². The Balaban J connectivity index is 1.52. The Morgan fingerprint density at radius 1 is 1.38 bits per heavy atom. The highest BCUT2D eigenvalue weighted by Gasteiger charge is 2.29. The van der Waals surface area contributed by atoms with Crippen LogP contribution in [0.5, 0.6) is 11.5 Å². The van der Waals surface area contributed by atoms with Crippen molar-refractivity contribution in [3.63, 3.8) is 0 Å². The molecule has 5 rings (SSSR count). The first-order chi connectivity index (χ1) is 15.6. The van der Waals surface area contributed by atoms with Gasteiger partial charge in [0, 0.05) is 29.9 Å². The van der Waals surface area contributed by atoms with Gasteiger partial charge in [0.2, 0.25) is 0 Å². The number of H-pyrrole nitrogens is 1. The molecule has 1 unspecified atom stereocenters. The molecule has 0 saturated carbocycles. The SMILES string of the molecule is COc1ccc2c(c1)CC(C(=O)c1cn(CCO)c3nc(-c4c[nH]nc4Cl)ccc13)CO2. The van der Waals surface area contributed by atoms with Crippen molar-refractivity contribution in [2.24, 2.45) is 5.92 Å². The summed E-state index contributed by atoms with van der Waals surface area (Å²) >= 11 is 6.14. The number of methoxy groups -OCH3 is 1. The van der Waals surface area contributed by atoms with Gasteiger partial charge in [-0.05, 0) is 42.3 Å². The lowest BCUT2D eigenvalue weighted by Crippen LogP contribution is -2.28. The van der Waals surface area contributed by atoms with Gasteiger partial charge in [0.1, 0.15) is 17.1 Å². The molecule has 1 atom stereocenters. The minimum atomic E-state index is -0.328. The van der Waals surface area contributed by atoms with E-state index in [4.69, 9.17) is 26.1 Å². The molecule has 1 aromatic carbocycles. The Kier molecular flexibility index (Phi) is 5.32. The Morgan fingerprint density at radius 3 is 3.00 bits per heavy atom. The van der Waals surface area contributed by atoms with E-state index in [1.807, 2.05) is 30.3 Å². The van der Waals surface area contributed by atoms with Crippen molar-refractivity contribution in [2.75, 3.05) is 20.3 Å². The van der Waals surface area contributed by atoms with Crippen molar-refractivity contribution in [1.29, 1.82) is 0 Å². The summed E-state index contributed by atoms with van der Waals surface area (Å²) < 4.78 is 13.0. The molecule has 8 nitrogen and oxygen atoms in total. The number of halogens is 1. The molecule has 0 amide bonds. The minimum Gasteiger partial charge on any atom is -0.497 e. The largest absolute Gasteiger partial charge is 0.497 e. The molecule has 32 heavy (non-hydrogen) atoms. The molecule has 1 aliphatic rings. The Morgan fingerprint density at radius 2 is 2.25 bits per heavy atom. The summed E-state index contributed by atoms with van der Waals surface area (Å²) in [5, 5.41) is 17.2. The molecular formula is C23H21ClN4O4. The first kappa shape index (κ1) is 20.5. The lowest BCUT2D eigenvalue weighted by atomic mass is 9.89. The van der Waals surface area contributed by atoms with Gasteiger partial charge in [0.15, 0.2) is 10.9 Å². The first-order valence-corrected chi connectivity index (χ1v) is 10.6. The van der Waals surface area contributed by atoms with E-state index in [1.165, 1.54) is 0 Å².